The molecule has 0 aliphatic carbocycles. The van der Waals surface area contributed by atoms with Crippen LogP contribution in [0.4, 0.5) is 4.39 Å². The Morgan fingerprint density at radius 2 is 2.18 bits per heavy atom. The Hall–Kier alpha value is -2.08. The standard InChI is InChI=1S/C16H13BrFNO3/c17-15-6-5-14(22-15)16(20)21-7-1-2-10-9-19-13-4-3-11(18)8-12(10)13/h3-6,8-9,19H,1-2,7H2. The van der Waals surface area contributed by atoms with Crippen LogP contribution in [0.25, 0.3) is 10.9 Å². The molecule has 1 aromatic carbocycles. The Balaban J connectivity index is 1.54. The molecule has 3 aromatic rings. The fourth-order valence-electron chi connectivity index (χ4n) is 2.28. The van der Waals surface area contributed by atoms with Crippen molar-refractivity contribution < 1.29 is 18.3 Å². The largest absolute Gasteiger partial charge is 0.460 e. The van der Waals surface area contributed by atoms with Gasteiger partial charge in [-0.2, -0.15) is 0 Å². The zero-order chi connectivity index (χ0) is 15.5. The molecule has 0 atom stereocenters. The van der Waals surface area contributed by atoms with Crippen LogP contribution >= 0.6 is 15.9 Å². The van der Waals surface area contributed by atoms with Gasteiger partial charge in [0.2, 0.25) is 5.76 Å². The number of benzene rings is 1. The van der Waals surface area contributed by atoms with Crippen molar-refractivity contribution in [1.82, 2.24) is 4.98 Å². The molecule has 0 saturated heterocycles. The fourth-order valence-corrected chi connectivity index (χ4v) is 2.59. The Bertz CT molecular complexity index is 809. The monoisotopic (exact) mass is 365 g/mol. The molecule has 0 aliphatic rings. The first kappa shape index (κ1) is 14.8. The van der Waals surface area contributed by atoms with Crippen LogP contribution in [0.2, 0.25) is 0 Å². The summed E-state index contributed by atoms with van der Waals surface area (Å²) in [6.45, 7) is 0.277. The third-order valence-electron chi connectivity index (χ3n) is 3.33. The average molecular weight is 366 g/mol. The summed E-state index contributed by atoms with van der Waals surface area (Å²) in [5.41, 5.74) is 1.90. The van der Waals surface area contributed by atoms with E-state index in [-0.39, 0.29) is 18.2 Å². The molecule has 114 valence electrons. The maximum atomic E-state index is 13.3. The number of esters is 1. The predicted octanol–water partition coefficient (Wildman–Crippen LogP) is 4.45. The Labute approximate surface area is 134 Å². The van der Waals surface area contributed by atoms with Crippen LogP contribution < -0.4 is 0 Å². The molecule has 22 heavy (non-hydrogen) atoms. The summed E-state index contributed by atoms with van der Waals surface area (Å²) in [6.07, 6.45) is 3.20. The number of carbonyl (C=O) groups is 1. The first-order valence-electron chi connectivity index (χ1n) is 6.81. The Morgan fingerprint density at radius 3 is 2.95 bits per heavy atom. The molecule has 1 N–H and O–H groups in total. The van der Waals surface area contributed by atoms with E-state index in [1.165, 1.54) is 12.1 Å². The smallest absolute Gasteiger partial charge is 0.374 e. The van der Waals surface area contributed by atoms with Crippen molar-refractivity contribution in [2.45, 2.75) is 12.8 Å². The molecule has 0 unspecified atom stereocenters. The highest BCUT2D eigenvalue weighted by Crippen LogP contribution is 2.21. The number of hydrogen-bond donors (Lipinski definition) is 1. The Morgan fingerprint density at radius 1 is 1.32 bits per heavy atom. The van der Waals surface area contributed by atoms with Gasteiger partial charge in [0.15, 0.2) is 4.67 Å². The predicted molar refractivity (Wildman–Crippen MR) is 83.3 cm³/mol. The highest BCUT2D eigenvalue weighted by molar-refractivity contribution is 9.10. The van der Waals surface area contributed by atoms with E-state index in [0.29, 0.717) is 17.5 Å². The van der Waals surface area contributed by atoms with Crippen molar-refractivity contribution in [3.63, 3.8) is 0 Å². The summed E-state index contributed by atoms with van der Waals surface area (Å²) < 4.78 is 24.0. The van der Waals surface area contributed by atoms with Crippen molar-refractivity contribution in [1.29, 1.82) is 0 Å². The summed E-state index contributed by atoms with van der Waals surface area (Å²) in [6, 6.07) is 7.83. The highest BCUT2D eigenvalue weighted by atomic mass is 79.9. The van der Waals surface area contributed by atoms with Gasteiger partial charge < -0.3 is 14.1 Å². The molecule has 0 amide bonds. The number of nitrogens with one attached hydrogen (secondary N) is 1. The van der Waals surface area contributed by atoms with Crippen molar-refractivity contribution in [2.75, 3.05) is 6.61 Å². The van der Waals surface area contributed by atoms with E-state index in [4.69, 9.17) is 9.15 Å². The van der Waals surface area contributed by atoms with Gasteiger partial charge >= 0.3 is 5.97 Å². The normalized spacial score (nSPS) is 11.0. The number of furan rings is 1. The number of ether oxygens (including phenoxy) is 1. The lowest BCUT2D eigenvalue weighted by molar-refractivity contribution is 0.0463. The van der Waals surface area contributed by atoms with E-state index >= 15 is 0 Å². The van der Waals surface area contributed by atoms with Gasteiger partial charge in [0, 0.05) is 17.1 Å². The summed E-state index contributed by atoms with van der Waals surface area (Å²) in [5, 5.41) is 0.862. The van der Waals surface area contributed by atoms with Gasteiger partial charge in [0.1, 0.15) is 5.82 Å². The minimum atomic E-state index is -0.490. The zero-order valence-electron chi connectivity index (χ0n) is 11.6. The average Bonchev–Trinajstić information content (AvgIpc) is 3.10. The lowest BCUT2D eigenvalue weighted by Crippen LogP contribution is -2.06. The molecule has 0 aliphatic heterocycles. The molecule has 0 spiro atoms. The van der Waals surface area contributed by atoms with Crippen molar-refractivity contribution in [2.24, 2.45) is 0 Å². The molecule has 0 bridgehead atoms. The number of H-pyrrole nitrogens is 1. The van der Waals surface area contributed by atoms with Gasteiger partial charge in [-0.3, -0.25) is 0 Å². The van der Waals surface area contributed by atoms with Crippen LogP contribution in [0.1, 0.15) is 22.5 Å². The number of hydrogen-bond acceptors (Lipinski definition) is 3. The van der Waals surface area contributed by atoms with Crippen LogP contribution in [0.15, 0.2) is 45.6 Å². The number of aromatic amines is 1. The minimum Gasteiger partial charge on any atom is -0.460 e. The molecule has 2 heterocycles. The van der Waals surface area contributed by atoms with Crippen LogP contribution in [0, 0.1) is 5.82 Å². The number of halogens is 2. The first-order chi connectivity index (χ1) is 10.6. The SMILES string of the molecule is O=C(OCCCc1c[nH]c2ccc(F)cc12)c1ccc(Br)o1. The first-order valence-corrected chi connectivity index (χ1v) is 7.61. The molecule has 3 rings (SSSR count). The zero-order valence-corrected chi connectivity index (χ0v) is 13.2. The summed E-state index contributed by atoms with van der Waals surface area (Å²) >= 11 is 3.13. The highest BCUT2D eigenvalue weighted by Gasteiger charge is 2.12. The van der Waals surface area contributed by atoms with Crippen LogP contribution in [-0.4, -0.2) is 17.6 Å². The maximum Gasteiger partial charge on any atom is 0.374 e. The third kappa shape index (κ3) is 3.22. The molecule has 4 nitrogen and oxygen atoms in total. The second-order valence-electron chi connectivity index (χ2n) is 4.85. The van der Waals surface area contributed by atoms with Crippen molar-refractivity contribution >= 4 is 32.8 Å². The second-order valence-corrected chi connectivity index (χ2v) is 5.63. The van der Waals surface area contributed by atoms with Gasteiger partial charge in [-0.1, -0.05) is 0 Å². The van der Waals surface area contributed by atoms with E-state index in [9.17, 15) is 9.18 Å². The van der Waals surface area contributed by atoms with Gasteiger partial charge in [-0.25, -0.2) is 9.18 Å². The summed E-state index contributed by atoms with van der Waals surface area (Å²) in [7, 11) is 0. The molecule has 2 aromatic heterocycles. The summed E-state index contributed by atoms with van der Waals surface area (Å²) in [5.74, 6) is -0.583. The quantitative estimate of drug-likeness (QED) is 0.536. The molecule has 0 fully saturated rings. The van der Waals surface area contributed by atoms with E-state index in [1.54, 1.807) is 18.2 Å². The molecule has 0 radical (unpaired) electrons. The van der Waals surface area contributed by atoms with Crippen molar-refractivity contribution in [3.05, 3.63) is 58.3 Å². The van der Waals surface area contributed by atoms with Crippen LogP contribution in [0.5, 0.6) is 0 Å². The number of aromatic nitrogens is 1. The molecular weight excluding hydrogens is 353 g/mol. The summed E-state index contributed by atoms with van der Waals surface area (Å²) in [4.78, 5) is 14.8. The molecule has 6 heteroatoms. The minimum absolute atomic E-state index is 0.168. The van der Waals surface area contributed by atoms with Gasteiger partial charge in [0.25, 0.3) is 0 Å². The third-order valence-corrected chi connectivity index (χ3v) is 3.75. The maximum absolute atomic E-state index is 13.3. The number of fused-ring (bicyclic) bond motifs is 1. The number of rotatable bonds is 5. The number of carbonyl (C=O) groups excluding carboxylic acids is 1. The second kappa shape index (κ2) is 6.36. The number of aryl methyl sites for hydroxylation is 1. The lowest BCUT2D eigenvalue weighted by Gasteiger charge is -2.03. The van der Waals surface area contributed by atoms with Gasteiger partial charge in [-0.15, -0.1) is 0 Å². The van der Waals surface area contributed by atoms with Crippen LogP contribution in [0.3, 0.4) is 0 Å². The van der Waals surface area contributed by atoms with E-state index in [0.717, 1.165) is 16.5 Å². The topological polar surface area (TPSA) is 55.2 Å². The van der Waals surface area contributed by atoms with E-state index < -0.39 is 5.97 Å². The molecular formula is C16H13BrFNO3. The lowest BCUT2D eigenvalue weighted by atomic mass is 10.1. The van der Waals surface area contributed by atoms with Crippen molar-refractivity contribution in [3.8, 4) is 0 Å². The molecule has 0 saturated carbocycles. The van der Waals surface area contributed by atoms with E-state index in [2.05, 4.69) is 20.9 Å². The Kier molecular flexibility index (Phi) is 4.29. The van der Waals surface area contributed by atoms with Crippen LogP contribution in [-0.2, 0) is 11.2 Å². The van der Waals surface area contributed by atoms with E-state index in [1.807, 2.05) is 6.20 Å². The fraction of sp³-hybridized carbons (Fsp3) is 0.188. The van der Waals surface area contributed by atoms with Gasteiger partial charge in [-0.05, 0) is 64.7 Å². The van der Waals surface area contributed by atoms with Gasteiger partial charge in [0.05, 0.1) is 6.61 Å².